The van der Waals surface area contributed by atoms with Crippen molar-refractivity contribution in [2.75, 3.05) is 13.1 Å². The van der Waals surface area contributed by atoms with Gasteiger partial charge in [-0.2, -0.15) is 0 Å². The molecule has 4 nitrogen and oxygen atoms in total. The van der Waals surface area contributed by atoms with Gasteiger partial charge < -0.3 is 15.3 Å². The van der Waals surface area contributed by atoms with E-state index in [0.717, 1.165) is 50.8 Å². The fraction of sp³-hybridized carbons (Fsp3) is 0.909. The third kappa shape index (κ3) is 1.37. The van der Waals surface area contributed by atoms with Crippen molar-refractivity contribution in [2.45, 2.75) is 70.3 Å². The number of nitrogens with zero attached hydrogens (tertiary/aromatic N) is 1. The molecule has 4 heteroatoms. The SMILES string of the molecule is C=C1[C@@H](O)[C@]23C[C@@H]1[C@@H](O)CC2[C@]12C4C[C@H]3[C@H]1N(CC)C[C@]4(C)CC[C@@H]2O. The summed E-state index contributed by atoms with van der Waals surface area (Å²) in [7, 11) is 0. The first-order chi connectivity index (χ1) is 12.3. The predicted molar refractivity (Wildman–Crippen MR) is 98.2 cm³/mol. The van der Waals surface area contributed by atoms with Crippen LogP contribution in [0.25, 0.3) is 0 Å². The molecule has 1 aliphatic heterocycles. The first-order valence-corrected chi connectivity index (χ1v) is 10.8. The van der Waals surface area contributed by atoms with E-state index in [1.807, 2.05) is 0 Å². The van der Waals surface area contributed by atoms with Crippen molar-refractivity contribution in [3.63, 3.8) is 0 Å². The molecule has 7 bridgehead atoms. The van der Waals surface area contributed by atoms with E-state index in [9.17, 15) is 15.3 Å². The smallest absolute Gasteiger partial charge is 0.0813 e. The third-order valence-electron chi connectivity index (χ3n) is 10.6. The van der Waals surface area contributed by atoms with Gasteiger partial charge >= 0.3 is 0 Å². The van der Waals surface area contributed by atoms with E-state index in [4.69, 9.17) is 0 Å². The van der Waals surface area contributed by atoms with Crippen molar-refractivity contribution >= 4 is 0 Å². The number of rotatable bonds is 1. The van der Waals surface area contributed by atoms with Crippen molar-refractivity contribution in [1.29, 1.82) is 0 Å². The lowest BCUT2D eigenvalue weighted by Gasteiger charge is -2.65. The molecule has 1 heterocycles. The highest BCUT2D eigenvalue weighted by Crippen LogP contribution is 2.83. The maximum atomic E-state index is 11.5. The number of aliphatic hydroxyl groups excluding tert-OH is 3. The summed E-state index contributed by atoms with van der Waals surface area (Å²) in [5.74, 6) is 1.26. The summed E-state index contributed by atoms with van der Waals surface area (Å²) in [4.78, 5) is 2.65. The average Bonchev–Trinajstić information content (AvgIpc) is 3.14. The van der Waals surface area contributed by atoms with Crippen LogP contribution in [-0.2, 0) is 0 Å². The van der Waals surface area contributed by atoms with E-state index in [2.05, 4.69) is 25.3 Å². The van der Waals surface area contributed by atoms with Crippen LogP contribution < -0.4 is 0 Å². The van der Waals surface area contributed by atoms with Gasteiger partial charge in [0, 0.05) is 29.3 Å². The normalized spacial score (nSPS) is 65.5. The van der Waals surface area contributed by atoms with Crippen LogP contribution in [0.15, 0.2) is 12.2 Å². The molecule has 5 aliphatic carbocycles. The van der Waals surface area contributed by atoms with Gasteiger partial charge in [-0.15, -0.1) is 0 Å². The van der Waals surface area contributed by atoms with Crippen LogP contribution in [-0.4, -0.2) is 57.7 Å². The predicted octanol–water partition coefficient (Wildman–Crippen LogP) is 1.79. The molecule has 0 aromatic rings. The van der Waals surface area contributed by atoms with Crippen LogP contribution in [0, 0.1) is 39.9 Å². The number of hydrogen-bond acceptors (Lipinski definition) is 4. The van der Waals surface area contributed by atoms with Crippen molar-refractivity contribution < 1.29 is 15.3 Å². The molecule has 3 N–H and O–H groups in total. The van der Waals surface area contributed by atoms with E-state index in [-0.39, 0.29) is 34.2 Å². The highest BCUT2D eigenvalue weighted by Gasteiger charge is 2.85. The highest BCUT2D eigenvalue weighted by molar-refractivity contribution is 5.39. The molecule has 11 atom stereocenters. The minimum Gasteiger partial charge on any atom is -0.392 e. The van der Waals surface area contributed by atoms with E-state index in [0.29, 0.717) is 17.9 Å². The second kappa shape index (κ2) is 4.59. The zero-order valence-corrected chi connectivity index (χ0v) is 16.1. The van der Waals surface area contributed by atoms with Crippen LogP contribution in [0.4, 0.5) is 0 Å². The average molecular weight is 360 g/mol. The fourth-order valence-corrected chi connectivity index (χ4v) is 9.97. The monoisotopic (exact) mass is 359 g/mol. The number of hydrogen-bond donors (Lipinski definition) is 3. The highest BCUT2D eigenvalue weighted by atomic mass is 16.3. The number of likely N-dealkylation sites (tertiary alicyclic amines) is 1. The summed E-state index contributed by atoms with van der Waals surface area (Å²) >= 11 is 0. The lowest BCUT2D eigenvalue weighted by atomic mass is 9.43. The Bertz CT molecular complexity index is 695. The van der Waals surface area contributed by atoms with Gasteiger partial charge in [0.15, 0.2) is 0 Å². The maximum Gasteiger partial charge on any atom is 0.0813 e. The lowest BCUT2D eigenvalue weighted by molar-refractivity contribution is -0.218. The van der Waals surface area contributed by atoms with Crippen LogP contribution in [0.1, 0.15) is 46.0 Å². The van der Waals surface area contributed by atoms with Crippen LogP contribution >= 0.6 is 0 Å². The van der Waals surface area contributed by atoms with Gasteiger partial charge in [0.25, 0.3) is 0 Å². The fourth-order valence-electron chi connectivity index (χ4n) is 9.97. The molecule has 5 saturated carbocycles. The van der Waals surface area contributed by atoms with E-state index in [1.54, 1.807) is 0 Å². The Hall–Kier alpha value is -0.420. The standard InChI is InChI=1S/C22H33NO3/c1-4-23-10-20(3)6-5-17(25)22-15(20)7-13(18(22)23)21-9-12(11(2)19(21)26)14(24)8-16(21)22/h12-19,24-26H,2,4-10H2,1,3H3/t12-,13-,14-,15?,16?,17-,18+,19+,20-,21-,22-/m0/s1. The van der Waals surface area contributed by atoms with Gasteiger partial charge in [0.1, 0.15) is 0 Å². The van der Waals surface area contributed by atoms with E-state index < -0.39 is 12.2 Å². The lowest BCUT2D eigenvalue weighted by Crippen LogP contribution is -2.68. The molecule has 144 valence electrons. The molecule has 0 amide bonds. The number of piperidine rings is 1. The molecule has 0 aromatic heterocycles. The van der Waals surface area contributed by atoms with E-state index >= 15 is 0 Å². The van der Waals surface area contributed by atoms with E-state index in [1.165, 1.54) is 0 Å². The van der Waals surface area contributed by atoms with Crippen molar-refractivity contribution in [3.8, 4) is 0 Å². The minimum atomic E-state index is -0.500. The molecule has 0 aromatic carbocycles. The molecular formula is C22H33NO3. The summed E-state index contributed by atoms with van der Waals surface area (Å²) in [6.45, 7) is 11.1. The number of fused-ring (bicyclic) bond motifs is 1. The second-order valence-electron chi connectivity index (χ2n) is 10.9. The van der Waals surface area contributed by atoms with Gasteiger partial charge in [-0.3, -0.25) is 4.90 Å². The minimum absolute atomic E-state index is 0.0547. The van der Waals surface area contributed by atoms with Crippen molar-refractivity contribution in [2.24, 2.45) is 39.9 Å². The first-order valence-electron chi connectivity index (χ1n) is 10.8. The Morgan fingerprint density at radius 3 is 2.69 bits per heavy atom. The molecule has 1 saturated heterocycles. The largest absolute Gasteiger partial charge is 0.392 e. The summed E-state index contributed by atoms with van der Waals surface area (Å²) in [6, 6.07) is 0.373. The van der Waals surface area contributed by atoms with Crippen LogP contribution in [0.5, 0.6) is 0 Å². The molecule has 2 spiro atoms. The summed E-state index contributed by atoms with van der Waals surface area (Å²) in [6.07, 6.45) is 3.58. The number of aliphatic hydroxyl groups is 3. The van der Waals surface area contributed by atoms with Gasteiger partial charge in [0.05, 0.1) is 18.3 Å². The quantitative estimate of drug-likeness (QED) is 0.625. The van der Waals surface area contributed by atoms with Crippen molar-refractivity contribution in [3.05, 3.63) is 12.2 Å². The molecule has 0 radical (unpaired) electrons. The van der Waals surface area contributed by atoms with Gasteiger partial charge in [0.2, 0.25) is 0 Å². The van der Waals surface area contributed by atoms with Crippen LogP contribution in [0.2, 0.25) is 0 Å². The summed E-state index contributed by atoms with van der Waals surface area (Å²) in [5, 5.41) is 33.8. The Balaban J connectivity index is 1.61. The maximum absolute atomic E-state index is 11.5. The molecule has 6 aliphatic rings. The molecule has 6 fully saturated rings. The molecule has 26 heavy (non-hydrogen) atoms. The van der Waals surface area contributed by atoms with Gasteiger partial charge in [-0.25, -0.2) is 0 Å². The van der Waals surface area contributed by atoms with Crippen molar-refractivity contribution in [1.82, 2.24) is 4.90 Å². The zero-order valence-electron chi connectivity index (χ0n) is 16.1. The third-order valence-corrected chi connectivity index (χ3v) is 10.6. The Morgan fingerprint density at radius 2 is 1.96 bits per heavy atom. The Kier molecular flexibility index (Phi) is 2.92. The topological polar surface area (TPSA) is 63.9 Å². The second-order valence-corrected chi connectivity index (χ2v) is 10.9. The summed E-state index contributed by atoms with van der Waals surface area (Å²) in [5.41, 5.74) is 0.849. The molecule has 2 unspecified atom stereocenters. The van der Waals surface area contributed by atoms with Gasteiger partial charge in [-0.1, -0.05) is 20.4 Å². The van der Waals surface area contributed by atoms with Crippen LogP contribution in [0.3, 0.4) is 0 Å². The first kappa shape index (κ1) is 16.5. The van der Waals surface area contributed by atoms with Gasteiger partial charge in [-0.05, 0) is 67.4 Å². The Labute approximate surface area is 156 Å². The Morgan fingerprint density at radius 1 is 1.19 bits per heavy atom. The summed E-state index contributed by atoms with van der Waals surface area (Å²) < 4.78 is 0. The molecule has 6 rings (SSSR count). The molecular weight excluding hydrogens is 326 g/mol. The zero-order chi connectivity index (χ0) is 18.2.